The highest BCUT2D eigenvalue weighted by atomic mass is 16.8. The Labute approximate surface area is 652 Å². The zero-order valence-corrected chi connectivity index (χ0v) is 68.6. The molecule has 32 nitrogen and oxygen atoms in total. The third-order valence-corrected chi connectivity index (χ3v) is 14.3. The third kappa shape index (κ3) is 53.6. The molecule has 4 bridgehead atoms. The summed E-state index contributed by atoms with van der Waals surface area (Å²) in [6.45, 7) is 27.8. The summed E-state index contributed by atoms with van der Waals surface area (Å²) >= 11 is 0. The van der Waals surface area contributed by atoms with Gasteiger partial charge in [-0.15, -0.1) is 0 Å². The lowest BCUT2D eigenvalue weighted by atomic mass is 9.89. The van der Waals surface area contributed by atoms with Gasteiger partial charge in [-0.1, -0.05) is 46.2 Å². The maximum absolute atomic E-state index is 14.1. The quantitative estimate of drug-likeness (QED) is 0.0191. The molecule has 3 rings (SSSR count). The molecule has 0 saturated heterocycles. The van der Waals surface area contributed by atoms with Gasteiger partial charge in [0.2, 0.25) is 11.8 Å². The number of rotatable bonds is 29. The fourth-order valence-electron chi connectivity index (χ4n) is 8.92. The number of esters is 3. The number of Topliss-reactive ketones (excluding diaryl/α,β-unsaturated/α-hetero) is 2. The highest BCUT2D eigenvalue weighted by molar-refractivity contribution is 5.95. The molecule has 0 aliphatic carbocycles. The van der Waals surface area contributed by atoms with Crippen LogP contribution in [0.25, 0.3) is 11.1 Å². The van der Waals surface area contributed by atoms with E-state index in [-0.39, 0.29) is 107 Å². The molecule has 2 aromatic carbocycles. The first kappa shape index (κ1) is 107. The van der Waals surface area contributed by atoms with Gasteiger partial charge < -0.3 is 95.0 Å². The summed E-state index contributed by atoms with van der Waals surface area (Å²) in [5.74, 6) is -2.43. The van der Waals surface area contributed by atoms with Crippen LogP contribution in [0.3, 0.4) is 0 Å². The van der Waals surface area contributed by atoms with E-state index < -0.39 is 70.7 Å². The Bertz CT molecular complexity index is 3120. The summed E-state index contributed by atoms with van der Waals surface area (Å²) in [6, 6.07) is 10.9. The number of methoxy groups -OCH3 is 3. The monoisotopic (exact) mass is 1560 g/mol. The van der Waals surface area contributed by atoms with E-state index in [2.05, 4.69) is 36.5 Å². The van der Waals surface area contributed by atoms with Gasteiger partial charge in [0.25, 0.3) is 0 Å². The van der Waals surface area contributed by atoms with Crippen molar-refractivity contribution in [2.24, 2.45) is 23.1 Å². The fraction of sp³-hybridized carbons (Fsp3) is 0.679. The van der Waals surface area contributed by atoms with E-state index in [1.807, 2.05) is 52.1 Å². The smallest absolute Gasteiger partial charge is 0.492 e. The van der Waals surface area contributed by atoms with Crippen LogP contribution in [0, 0.1) is 17.2 Å². The third-order valence-electron chi connectivity index (χ3n) is 14.3. The van der Waals surface area contributed by atoms with Crippen LogP contribution in [-0.4, -0.2) is 222 Å². The minimum Gasteiger partial charge on any atom is -0.492 e. The van der Waals surface area contributed by atoms with Gasteiger partial charge in [0.15, 0.2) is 11.6 Å². The SMILES string of the molecule is C.CC(C)(C)OC(=O)OC(=O)OC(C)(C)C.CCCCCC(=O)N(C)[C@@H]1C(=O)C[C@@H](C)C(=O)N[C@H](C(=O)CCC#N)Cc2ccc(OCCN)c(c2)-c2cc1ccc2OCCN.CN(CCCC(=O)O)C(=O)OC(C)(C)C.CNCCCC(=O)OC.COC(=O)CCCN.COC(=O)CCCN(C)C(=O)OC(C)(C)C. The van der Waals surface area contributed by atoms with Crippen molar-refractivity contribution in [2.75, 3.05) is 102 Å². The highest BCUT2D eigenvalue weighted by Gasteiger charge is 2.34. The predicted molar refractivity (Wildman–Crippen MR) is 417 cm³/mol. The molecule has 2 aromatic rings. The number of carbonyl (C=O) groups is 12. The van der Waals surface area contributed by atoms with Crippen LogP contribution in [0.4, 0.5) is 19.2 Å². The van der Waals surface area contributed by atoms with E-state index in [0.717, 1.165) is 31.4 Å². The van der Waals surface area contributed by atoms with Gasteiger partial charge in [-0.25, -0.2) is 19.2 Å². The Balaban J connectivity index is -0.000000717. The lowest BCUT2D eigenvalue weighted by molar-refractivity contribution is -0.141. The molecule has 1 aliphatic heterocycles. The molecule has 32 heteroatoms. The van der Waals surface area contributed by atoms with Crippen molar-refractivity contribution in [3.8, 4) is 28.7 Å². The molecule has 3 atom stereocenters. The molecular formula is C78H133N9O23. The van der Waals surface area contributed by atoms with E-state index in [4.69, 9.17) is 56.0 Å². The zero-order chi connectivity index (χ0) is 84.3. The van der Waals surface area contributed by atoms with E-state index in [9.17, 15) is 57.5 Å². The van der Waals surface area contributed by atoms with Crippen molar-refractivity contribution >= 4 is 71.8 Å². The van der Waals surface area contributed by atoms with Gasteiger partial charge in [0.1, 0.15) is 53.2 Å². The molecule has 110 heavy (non-hydrogen) atoms. The molecule has 0 spiro atoms. The standard InChI is InChI=1S/C35H47N5O6.C11H21NO4.C10H19NO4.C10H18O5.C6H13NO2.C5H11NO2.CH4/c1-4-5-6-9-33(43)40(3)34-25-11-13-32(46-18-16-38)27(22-25)26-20-24(10-12-31(26)45-17-15-37)21-28(29(41)8-7-14-36)39-35(44)23(2)19-30(34)42;1-11(2,3)16-10(14)12(4)8-6-7-9(13)15-5;1-10(2,3)15-9(14)11(4)7-5-6-8(12)13;1-9(2,3)14-7(11)13-8(12)15-10(4,5)6;1-7-5-3-4-6(8)9-2;1-8-5(7)3-2-4-6;/h10-13,20,22-23,28,34H,4-9,15-19,21,37-38H2,1-3H3,(H,39,44);6-8H2,1-5H3;5-7H2,1-4H3,(H,12,13);1-6H3;7H,3-5H2,1-2H3;2-4,6H2,1H3;1H4/t23-,28+,34+;;;;;;/m1....../s1. The molecule has 0 radical (unpaired) electrons. The Kier molecular flexibility index (Phi) is 56.3. The Morgan fingerprint density at radius 3 is 1.45 bits per heavy atom. The number of carbonyl (C=O) groups excluding carboxylic acids is 11. The van der Waals surface area contributed by atoms with E-state index in [1.54, 1.807) is 109 Å². The van der Waals surface area contributed by atoms with Crippen LogP contribution >= 0.6 is 0 Å². The molecule has 9 N–H and O–H groups in total. The van der Waals surface area contributed by atoms with Crippen molar-refractivity contribution < 1.29 is 110 Å². The Hall–Kier alpha value is -9.19. The largest absolute Gasteiger partial charge is 0.519 e. The van der Waals surface area contributed by atoms with E-state index >= 15 is 0 Å². The van der Waals surface area contributed by atoms with Crippen molar-refractivity contribution in [1.82, 2.24) is 25.3 Å². The number of nitrogens with two attached hydrogens (primary N) is 3. The lowest BCUT2D eigenvalue weighted by Crippen LogP contribution is -2.45. The van der Waals surface area contributed by atoms with Crippen LogP contribution in [0.1, 0.15) is 218 Å². The summed E-state index contributed by atoms with van der Waals surface area (Å²) < 4.78 is 49.4. The minimum atomic E-state index is -1.06. The number of ketones is 2. The summed E-state index contributed by atoms with van der Waals surface area (Å²) in [4.78, 5) is 145. The summed E-state index contributed by atoms with van der Waals surface area (Å²) in [6.07, 6.45) is 3.82. The number of amides is 4. The van der Waals surface area contributed by atoms with Gasteiger partial charge >= 0.3 is 48.4 Å². The molecule has 0 aromatic heterocycles. The number of nitriles is 1. The average molecular weight is 1560 g/mol. The Morgan fingerprint density at radius 2 is 1.04 bits per heavy atom. The van der Waals surface area contributed by atoms with Gasteiger partial charge in [-0.05, 0) is 177 Å². The average Bonchev–Trinajstić information content (AvgIpc) is 0.781. The first-order valence-electron chi connectivity index (χ1n) is 36.4. The number of carboxylic acids is 1. The number of aliphatic carboxylic acids is 1. The van der Waals surface area contributed by atoms with Gasteiger partial charge in [0, 0.05) is 116 Å². The summed E-state index contributed by atoms with van der Waals surface area (Å²) in [7, 11) is 10.8. The van der Waals surface area contributed by atoms with Crippen LogP contribution in [0.5, 0.6) is 11.5 Å². The van der Waals surface area contributed by atoms with Crippen LogP contribution in [-0.2, 0) is 82.7 Å². The van der Waals surface area contributed by atoms with Crippen molar-refractivity contribution in [2.45, 2.75) is 242 Å². The van der Waals surface area contributed by atoms with E-state index in [0.29, 0.717) is 99.2 Å². The molecular weight excluding hydrogens is 1430 g/mol. The fourth-order valence-corrected chi connectivity index (χ4v) is 8.92. The first-order valence-corrected chi connectivity index (χ1v) is 36.4. The topological polar surface area (TPSA) is 453 Å². The second-order valence-corrected chi connectivity index (χ2v) is 28.9. The number of benzene rings is 2. The number of hydrogen-bond donors (Lipinski definition) is 6. The summed E-state index contributed by atoms with van der Waals surface area (Å²) in [5.41, 5.74) is 16.8. The molecule has 1 aliphatic rings. The second-order valence-electron chi connectivity index (χ2n) is 28.9. The number of fused-ring (bicyclic) bond motifs is 5. The summed E-state index contributed by atoms with van der Waals surface area (Å²) in [5, 5.41) is 23.3. The number of unbranched alkanes of at least 4 members (excludes halogenated alkanes) is 2. The number of nitrogens with zero attached hydrogens (tertiary/aromatic N) is 4. The van der Waals surface area contributed by atoms with Gasteiger partial charge in [-0.2, -0.15) is 5.26 Å². The van der Waals surface area contributed by atoms with Crippen molar-refractivity contribution in [3.05, 3.63) is 47.5 Å². The minimum absolute atomic E-state index is 0. The lowest BCUT2D eigenvalue weighted by Gasteiger charge is -2.30. The molecule has 4 amide bonds. The maximum atomic E-state index is 14.1. The van der Waals surface area contributed by atoms with Gasteiger partial charge in [0.05, 0.1) is 33.4 Å². The van der Waals surface area contributed by atoms with E-state index in [1.165, 1.54) is 36.0 Å². The molecule has 1 heterocycles. The predicted octanol–water partition coefficient (Wildman–Crippen LogP) is 10.7. The second kappa shape index (κ2) is 57.8. The first-order chi connectivity index (χ1) is 50.7. The number of nitrogens with one attached hydrogen (secondary N) is 2. The number of carboxylic acid groups (broad SMARTS) is 1. The normalized spacial score (nSPS) is 13.6. The molecule has 628 valence electrons. The Morgan fingerprint density at radius 1 is 0.591 bits per heavy atom. The highest BCUT2D eigenvalue weighted by Crippen LogP contribution is 2.41. The number of ether oxygens (including phenoxy) is 10. The maximum Gasteiger partial charge on any atom is 0.519 e. The van der Waals surface area contributed by atoms with Crippen molar-refractivity contribution in [1.29, 1.82) is 5.26 Å². The van der Waals surface area contributed by atoms with Gasteiger partial charge in [-0.3, -0.25) is 38.4 Å². The number of likely N-dealkylation sites (N-methyl/N-ethyl adjacent to an activating group) is 1. The number of hydrogen-bond acceptors (Lipinski definition) is 27. The van der Waals surface area contributed by atoms with Crippen LogP contribution in [0.15, 0.2) is 36.4 Å². The molecule has 0 saturated carbocycles. The van der Waals surface area contributed by atoms with Crippen LogP contribution in [0.2, 0.25) is 0 Å². The van der Waals surface area contributed by atoms with Crippen molar-refractivity contribution in [3.63, 3.8) is 0 Å². The molecule has 0 unspecified atom stereocenters. The molecule has 0 fully saturated rings. The zero-order valence-electron chi connectivity index (χ0n) is 68.6. The van der Waals surface area contributed by atoms with Crippen LogP contribution < -0.4 is 37.3 Å².